The molecule has 49 heavy (non-hydrogen) atoms. The first kappa shape index (κ1) is 41.1. The van der Waals surface area contributed by atoms with Crippen LogP contribution in [0.2, 0.25) is 0 Å². The first-order valence-corrected chi connectivity index (χ1v) is 18.6. The molecule has 4 N–H and O–H groups in total. The van der Waals surface area contributed by atoms with Crippen molar-refractivity contribution in [2.24, 2.45) is 5.41 Å². The highest BCUT2D eigenvalue weighted by Gasteiger charge is 2.42. The highest BCUT2D eigenvalue weighted by molar-refractivity contribution is 7.90. The molecule has 272 valence electrons. The molecular weight excluding hydrogens is 650 g/mol. The monoisotopic (exact) mass is 703 g/mol. The number of rotatable bonds is 18. The van der Waals surface area contributed by atoms with Crippen LogP contribution in [0.1, 0.15) is 91.7 Å². The lowest BCUT2D eigenvalue weighted by Crippen LogP contribution is -2.63. The number of ketones is 1. The molecule has 1 aromatic heterocycles. The number of sulfone groups is 1. The Morgan fingerprint density at radius 2 is 1.82 bits per heavy atom. The Morgan fingerprint density at radius 1 is 1.14 bits per heavy atom. The molecule has 14 heteroatoms. The molecule has 1 aromatic rings. The van der Waals surface area contributed by atoms with E-state index in [1.807, 2.05) is 6.92 Å². The van der Waals surface area contributed by atoms with Crippen molar-refractivity contribution in [1.29, 1.82) is 0 Å². The van der Waals surface area contributed by atoms with E-state index in [-0.39, 0.29) is 37.4 Å². The van der Waals surface area contributed by atoms with Gasteiger partial charge < -0.3 is 30.6 Å². The Bertz CT molecular complexity index is 1450. The Labute approximate surface area is 290 Å². The van der Waals surface area contributed by atoms with E-state index >= 15 is 0 Å². The van der Waals surface area contributed by atoms with E-state index in [0.29, 0.717) is 25.0 Å². The fraction of sp³-hybridized carbons (Fsp3) is 0.629. The van der Waals surface area contributed by atoms with Crippen LogP contribution in [0.4, 0.5) is 4.79 Å². The molecule has 2 rings (SSSR count). The third-order valence-corrected chi connectivity index (χ3v) is 10.2. The second kappa shape index (κ2) is 18.6. The van der Waals surface area contributed by atoms with Crippen LogP contribution < -0.4 is 21.3 Å². The fourth-order valence-electron chi connectivity index (χ4n) is 5.92. The molecule has 13 nitrogen and oxygen atoms in total. The average Bonchev–Trinajstić information content (AvgIpc) is 3.53. The number of hydrogen-bond donors (Lipinski definition) is 4. The van der Waals surface area contributed by atoms with Crippen LogP contribution in [0, 0.1) is 17.8 Å². The van der Waals surface area contributed by atoms with E-state index in [0.717, 1.165) is 19.3 Å². The zero-order valence-electron chi connectivity index (χ0n) is 29.4. The summed E-state index contributed by atoms with van der Waals surface area (Å²) in [6.45, 7) is 12.4. The van der Waals surface area contributed by atoms with E-state index in [9.17, 15) is 32.4 Å². The van der Waals surface area contributed by atoms with Gasteiger partial charge in [-0.1, -0.05) is 53.0 Å². The van der Waals surface area contributed by atoms with Gasteiger partial charge in [-0.2, -0.15) is 0 Å². The lowest BCUT2D eigenvalue weighted by Gasteiger charge is -2.40. The second-order valence-electron chi connectivity index (χ2n) is 13.7. The number of nitrogens with zero attached hydrogens (tertiary/aromatic N) is 1. The zero-order valence-corrected chi connectivity index (χ0v) is 30.2. The minimum atomic E-state index is -3.68. The van der Waals surface area contributed by atoms with Gasteiger partial charge in [0.1, 0.15) is 23.6 Å². The normalized spacial score (nSPS) is 16.2. The van der Waals surface area contributed by atoms with Crippen molar-refractivity contribution >= 4 is 39.4 Å². The fourth-order valence-corrected chi connectivity index (χ4v) is 7.82. The number of urea groups is 1. The van der Waals surface area contributed by atoms with Crippen LogP contribution in [-0.4, -0.2) is 85.4 Å². The average molecular weight is 704 g/mol. The van der Waals surface area contributed by atoms with Gasteiger partial charge in [-0.25, -0.2) is 13.2 Å². The summed E-state index contributed by atoms with van der Waals surface area (Å²) in [5, 5.41) is 10.7. The van der Waals surface area contributed by atoms with Crippen LogP contribution in [-0.2, 0) is 34.8 Å². The maximum absolute atomic E-state index is 14.2. The van der Waals surface area contributed by atoms with E-state index in [1.54, 1.807) is 32.9 Å². The predicted molar refractivity (Wildman–Crippen MR) is 187 cm³/mol. The summed E-state index contributed by atoms with van der Waals surface area (Å²) in [4.78, 5) is 67.9. The second-order valence-corrected chi connectivity index (χ2v) is 15.8. The van der Waals surface area contributed by atoms with Crippen molar-refractivity contribution in [3.63, 3.8) is 0 Å². The summed E-state index contributed by atoms with van der Waals surface area (Å²) < 4.78 is 31.7. The van der Waals surface area contributed by atoms with Crippen LogP contribution >= 0.6 is 0 Å². The number of carbonyl (C=O) groups is 5. The molecule has 1 unspecified atom stereocenters. The summed E-state index contributed by atoms with van der Waals surface area (Å²) in [6, 6.07) is -0.904. The first-order chi connectivity index (χ1) is 23.0. The summed E-state index contributed by atoms with van der Waals surface area (Å²) in [7, 11) is -3.68. The number of hydrogen-bond acceptors (Lipinski definition) is 8. The Kier molecular flexibility index (Phi) is 15.6. The highest BCUT2D eigenvalue weighted by Crippen LogP contribution is 2.31. The van der Waals surface area contributed by atoms with Gasteiger partial charge in [0.05, 0.1) is 23.6 Å². The topological polar surface area (TPSA) is 184 Å². The third-order valence-electron chi connectivity index (χ3n) is 8.45. The molecule has 0 saturated heterocycles. The molecule has 1 fully saturated rings. The first-order valence-electron chi connectivity index (χ1n) is 16.8. The van der Waals surface area contributed by atoms with Gasteiger partial charge >= 0.3 is 6.03 Å². The van der Waals surface area contributed by atoms with Crippen LogP contribution in [0.25, 0.3) is 0 Å². The molecule has 1 aliphatic carbocycles. The van der Waals surface area contributed by atoms with Crippen molar-refractivity contribution < 1.29 is 36.8 Å². The minimum Gasteiger partial charge on any atom is -0.468 e. The van der Waals surface area contributed by atoms with Gasteiger partial charge in [-0.15, -0.1) is 18.9 Å². The molecule has 1 heterocycles. The van der Waals surface area contributed by atoms with E-state index < -0.39 is 68.5 Å². The molecule has 0 spiro atoms. The third kappa shape index (κ3) is 12.7. The maximum Gasteiger partial charge on any atom is 0.315 e. The number of terminal acetylenes is 1. The number of nitrogens with one attached hydrogen (secondary N) is 4. The highest BCUT2D eigenvalue weighted by atomic mass is 32.2. The quantitative estimate of drug-likeness (QED) is 0.102. The molecule has 0 radical (unpaired) electrons. The van der Waals surface area contributed by atoms with Crippen LogP contribution in [0.5, 0.6) is 0 Å². The SMILES string of the molecule is C#CCCC(NC(=O)[C@H](C)N(CCC)C(=O)[C@@H](NC(=O)NC1(CS(=O)(=O)Cc2ccco2)CCCCC1)C(C)(C)C)C(=O)C(=O)NCC=C. The van der Waals surface area contributed by atoms with Crippen molar-refractivity contribution in [2.75, 3.05) is 18.8 Å². The minimum absolute atomic E-state index is 0.0162. The lowest BCUT2D eigenvalue weighted by atomic mass is 9.83. The van der Waals surface area contributed by atoms with Gasteiger partial charge in [-0.3, -0.25) is 19.2 Å². The Hall–Kier alpha value is -4.12. The zero-order chi connectivity index (χ0) is 36.8. The molecule has 5 amide bonds. The molecule has 0 aliphatic heterocycles. The molecule has 0 aromatic carbocycles. The molecule has 3 atom stereocenters. The summed E-state index contributed by atoms with van der Waals surface area (Å²) in [6.07, 6.45) is 12.1. The standard InChI is InChI=1S/C35H53N5O8S/c1-8-11-17-27(28(41)31(43)36-20-9-2)37-30(42)25(4)40(21-10-3)32(44)29(34(5,6)7)38-33(45)39-35(18-13-12-14-19-35)24-49(46,47)23-26-16-15-22-48-26/h1,9,15-16,22,25,27,29H,2,10-14,17-21,23-24H2,3-7H3,(H,36,43)(H,37,42)(H2,38,39,45)/t25-,27?,29+/m0/s1. The predicted octanol–water partition coefficient (Wildman–Crippen LogP) is 3.01. The maximum atomic E-state index is 14.2. The molecular formula is C35H53N5O8S. The summed E-state index contributed by atoms with van der Waals surface area (Å²) in [5.41, 5.74) is -1.86. The van der Waals surface area contributed by atoms with Gasteiger partial charge in [0.15, 0.2) is 9.84 Å². The Balaban J connectivity index is 2.28. The van der Waals surface area contributed by atoms with Gasteiger partial charge in [0.25, 0.3) is 5.91 Å². The lowest BCUT2D eigenvalue weighted by molar-refractivity contribution is -0.145. The van der Waals surface area contributed by atoms with E-state index in [4.69, 9.17) is 10.8 Å². The van der Waals surface area contributed by atoms with Crippen LogP contribution in [0.15, 0.2) is 35.5 Å². The smallest absolute Gasteiger partial charge is 0.315 e. The van der Waals surface area contributed by atoms with Crippen molar-refractivity contribution in [3.8, 4) is 12.3 Å². The number of carbonyl (C=O) groups excluding carboxylic acids is 5. The molecule has 1 saturated carbocycles. The van der Waals surface area contributed by atoms with Gasteiger partial charge in [0, 0.05) is 19.5 Å². The number of furan rings is 1. The summed E-state index contributed by atoms with van der Waals surface area (Å²) >= 11 is 0. The van der Waals surface area contributed by atoms with Gasteiger partial charge in [0.2, 0.25) is 17.6 Å². The van der Waals surface area contributed by atoms with Crippen molar-refractivity contribution in [3.05, 3.63) is 36.8 Å². The molecule has 0 bridgehead atoms. The number of amides is 5. The van der Waals surface area contributed by atoms with Crippen LogP contribution in [0.3, 0.4) is 0 Å². The summed E-state index contributed by atoms with van der Waals surface area (Å²) in [5.74, 6) is -0.852. The van der Waals surface area contributed by atoms with E-state index in [1.165, 1.54) is 24.2 Å². The number of Topliss-reactive ketones (excluding diaryl/α,β-unsaturated/α-hetero) is 1. The molecule has 1 aliphatic rings. The Morgan fingerprint density at radius 3 is 2.37 bits per heavy atom. The van der Waals surface area contributed by atoms with Gasteiger partial charge in [-0.05, 0) is 50.2 Å². The van der Waals surface area contributed by atoms with Crippen molar-refractivity contribution in [2.45, 2.75) is 115 Å². The van der Waals surface area contributed by atoms with E-state index in [2.05, 4.69) is 33.8 Å². The largest absolute Gasteiger partial charge is 0.468 e. The van der Waals surface area contributed by atoms with Crippen molar-refractivity contribution in [1.82, 2.24) is 26.2 Å².